The van der Waals surface area contributed by atoms with Crippen molar-refractivity contribution in [3.8, 4) is 5.75 Å². The molecule has 0 unspecified atom stereocenters. The van der Waals surface area contributed by atoms with Gasteiger partial charge >= 0.3 is 0 Å². The summed E-state index contributed by atoms with van der Waals surface area (Å²) in [6, 6.07) is 8.01. The van der Waals surface area contributed by atoms with E-state index in [1.165, 1.54) is 16.9 Å². The molecule has 1 heterocycles. The molecule has 112 valence electrons. The van der Waals surface area contributed by atoms with Gasteiger partial charge in [0.05, 0.1) is 17.3 Å². The number of para-hydroxylation sites is 1. The number of hydrogen-bond acceptors (Lipinski definition) is 5. The quantitative estimate of drug-likeness (QED) is 0.487. The Morgan fingerprint density at radius 1 is 1.43 bits per heavy atom. The lowest BCUT2D eigenvalue weighted by molar-refractivity contribution is 0.0957. The monoisotopic (exact) mass is 305 g/mol. The Kier molecular flexibility index (Phi) is 5.30. The Labute approximate surface area is 128 Å². The number of nitrogens with one attached hydrogen (secondary N) is 1. The van der Waals surface area contributed by atoms with Crippen molar-refractivity contribution in [2.24, 2.45) is 5.84 Å². The number of rotatable bonds is 6. The van der Waals surface area contributed by atoms with E-state index in [1.54, 1.807) is 6.92 Å². The summed E-state index contributed by atoms with van der Waals surface area (Å²) >= 11 is 1.35. The van der Waals surface area contributed by atoms with Crippen LogP contribution in [0.3, 0.4) is 0 Å². The lowest BCUT2D eigenvalue weighted by Gasteiger charge is -2.09. The van der Waals surface area contributed by atoms with Crippen LogP contribution in [0.4, 0.5) is 0 Å². The van der Waals surface area contributed by atoms with E-state index >= 15 is 0 Å². The third-order valence-electron chi connectivity index (χ3n) is 3.11. The Morgan fingerprint density at radius 2 is 2.19 bits per heavy atom. The zero-order valence-electron chi connectivity index (χ0n) is 12.2. The van der Waals surface area contributed by atoms with Gasteiger partial charge in [-0.2, -0.15) is 0 Å². The topological polar surface area (TPSA) is 77.2 Å². The first-order valence-electron chi connectivity index (χ1n) is 6.83. The molecular weight excluding hydrogens is 286 g/mol. The van der Waals surface area contributed by atoms with Gasteiger partial charge in [-0.25, -0.2) is 10.8 Å². The summed E-state index contributed by atoms with van der Waals surface area (Å²) in [6.07, 6.45) is 1.61. The first-order valence-corrected chi connectivity index (χ1v) is 7.65. The van der Waals surface area contributed by atoms with Crippen molar-refractivity contribution in [1.82, 2.24) is 10.4 Å². The van der Waals surface area contributed by atoms with Gasteiger partial charge in [0.1, 0.15) is 10.6 Å². The molecule has 0 fully saturated rings. The predicted molar refractivity (Wildman–Crippen MR) is 83.5 cm³/mol. The molecule has 2 rings (SSSR count). The first kappa shape index (κ1) is 15.5. The second-order valence-corrected chi connectivity index (χ2v) is 5.64. The number of aromatic nitrogens is 1. The number of hydrazine groups is 1. The molecular formula is C15H19N3O2S. The SMILES string of the molecule is CCc1ccccc1OCCc1nc(C)c(C(=O)NN)s1. The van der Waals surface area contributed by atoms with Gasteiger partial charge in [-0.1, -0.05) is 25.1 Å². The lowest BCUT2D eigenvalue weighted by atomic mass is 10.1. The molecule has 0 saturated carbocycles. The number of hydrogen-bond donors (Lipinski definition) is 2. The fourth-order valence-corrected chi connectivity index (χ4v) is 2.97. The van der Waals surface area contributed by atoms with Gasteiger partial charge in [-0.05, 0) is 25.0 Å². The molecule has 0 saturated heterocycles. The van der Waals surface area contributed by atoms with Gasteiger partial charge in [0.25, 0.3) is 5.91 Å². The minimum atomic E-state index is -0.298. The third-order valence-corrected chi connectivity index (χ3v) is 4.32. The number of amides is 1. The summed E-state index contributed by atoms with van der Waals surface area (Å²) in [4.78, 5) is 16.5. The fourth-order valence-electron chi connectivity index (χ4n) is 2.02. The van der Waals surface area contributed by atoms with E-state index in [9.17, 15) is 4.79 Å². The highest BCUT2D eigenvalue weighted by atomic mass is 32.1. The van der Waals surface area contributed by atoms with E-state index in [2.05, 4.69) is 23.4 Å². The average molecular weight is 305 g/mol. The van der Waals surface area contributed by atoms with Crippen LogP contribution in [0.2, 0.25) is 0 Å². The summed E-state index contributed by atoms with van der Waals surface area (Å²) in [5.41, 5.74) is 4.02. The second kappa shape index (κ2) is 7.19. The maximum Gasteiger partial charge on any atom is 0.277 e. The van der Waals surface area contributed by atoms with Gasteiger partial charge in [0, 0.05) is 6.42 Å². The molecule has 5 nitrogen and oxygen atoms in total. The number of thiazole rings is 1. The normalized spacial score (nSPS) is 10.4. The largest absolute Gasteiger partial charge is 0.493 e. The predicted octanol–water partition coefficient (Wildman–Crippen LogP) is 2.24. The van der Waals surface area contributed by atoms with Crippen molar-refractivity contribution < 1.29 is 9.53 Å². The zero-order chi connectivity index (χ0) is 15.2. The molecule has 21 heavy (non-hydrogen) atoms. The minimum Gasteiger partial charge on any atom is -0.493 e. The van der Waals surface area contributed by atoms with Crippen LogP contribution in [0.5, 0.6) is 5.75 Å². The molecule has 0 aliphatic carbocycles. The molecule has 0 radical (unpaired) electrons. The van der Waals surface area contributed by atoms with Gasteiger partial charge in [-0.15, -0.1) is 11.3 Å². The first-order chi connectivity index (χ1) is 10.2. The standard InChI is InChI=1S/C15H19N3O2S/c1-3-11-6-4-5-7-12(11)20-9-8-13-17-10(2)14(21-13)15(19)18-16/h4-7H,3,8-9,16H2,1-2H3,(H,18,19). The molecule has 0 spiro atoms. The number of nitrogens with zero attached hydrogens (tertiary/aromatic N) is 1. The highest BCUT2D eigenvalue weighted by molar-refractivity contribution is 7.13. The van der Waals surface area contributed by atoms with Crippen LogP contribution < -0.4 is 16.0 Å². The van der Waals surface area contributed by atoms with E-state index in [0.717, 1.165) is 17.2 Å². The van der Waals surface area contributed by atoms with Crippen LogP contribution in [0, 0.1) is 6.92 Å². The summed E-state index contributed by atoms with van der Waals surface area (Å²) in [7, 11) is 0. The van der Waals surface area contributed by atoms with Crippen LogP contribution in [0.15, 0.2) is 24.3 Å². The molecule has 0 atom stereocenters. The van der Waals surface area contributed by atoms with Gasteiger partial charge in [0.15, 0.2) is 0 Å². The number of benzene rings is 1. The lowest BCUT2D eigenvalue weighted by Crippen LogP contribution is -2.29. The Hall–Kier alpha value is -1.92. The maximum atomic E-state index is 11.5. The van der Waals surface area contributed by atoms with E-state index in [-0.39, 0.29) is 5.91 Å². The zero-order valence-corrected chi connectivity index (χ0v) is 13.0. The number of carbonyl (C=O) groups is 1. The number of carbonyl (C=O) groups excluding carboxylic acids is 1. The molecule has 0 aliphatic heterocycles. The summed E-state index contributed by atoms with van der Waals surface area (Å²) in [5, 5.41) is 0.875. The summed E-state index contributed by atoms with van der Waals surface area (Å²) < 4.78 is 5.81. The van der Waals surface area contributed by atoms with Crippen molar-refractivity contribution in [2.75, 3.05) is 6.61 Å². The second-order valence-electron chi connectivity index (χ2n) is 4.56. The number of nitrogen functional groups attached to an aromatic ring is 1. The molecule has 1 aromatic carbocycles. The number of aryl methyl sites for hydroxylation is 2. The van der Waals surface area contributed by atoms with E-state index in [0.29, 0.717) is 23.6 Å². The van der Waals surface area contributed by atoms with Crippen LogP contribution in [-0.4, -0.2) is 17.5 Å². The van der Waals surface area contributed by atoms with E-state index in [4.69, 9.17) is 10.6 Å². The van der Waals surface area contributed by atoms with Crippen molar-refractivity contribution in [2.45, 2.75) is 26.7 Å². The number of ether oxygens (including phenoxy) is 1. The van der Waals surface area contributed by atoms with Crippen LogP contribution >= 0.6 is 11.3 Å². The van der Waals surface area contributed by atoms with Crippen LogP contribution in [0.1, 0.15) is 32.9 Å². The third kappa shape index (κ3) is 3.80. The van der Waals surface area contributed by atoms with Crippen molar-refractivity contribution >= 4 is 17.2 Å². The maximum absolute atomic E-state index is 11.5. The minimum absolute atomic E-state index is 0.298. The Bertz CT molecular complexity index is 625. The molecule has 1 aromatic heterocycles. The number of nitrogens with two attached hydrogens (primary N) is 1. The highest BCUT2D eigenvalue weighted by Crippen LogP contribution is 2.21. The molecule has 0 aliphatic rings. The van der Waals surface area contributed by atoms with Crippen molar-refractivity contribution in [3.05, 3.63) is 45.4 Å². The fraction of sp³-hybridized carbons (Fsp3) is 0.333. The van der Waals surface area contributed by atoms with Gasteiger partial charge in [-0.3, -0.25) is 10.2 Å². The van der Waals surface area contributed by atoms with Gasteiger partial charge in [0.2, 0.25) is 0 Å². The summed E-state index contributed by atoms with van der Waals surface area (Å²) in [6.45, 7) is 4.44. The Morgan fingerprint density at radius 3 is 2.90 bits per heavy atom. The van der Waals surface area contributed by atoms with E-state index in [1.807, 2.05) is 18.2 Å². The molecule has 0 bridgehead atoms. The van der Waals surface area contributed by atoms with Crippen LogP contribution in [0.25, 0.3) is 0 Å². The van der Waals surface area contributed by atoms with E-state index < -0.39 is 0 Å². The van der Waals surface area contributed by atoms with Crippen LogP contribution in [-0.2, 0) is 12.8 Å². The van der Waals surface area contributed by atoms with Crippen molar-refractivity contribution in [1.29, 1.82) is 0 Å². The Balaban J connectivity index is 1.96. The highest BCUT2D eigenvalue weighted by Gasteiger charge is 2.14. The van der Waals surface area contributed by atoms with Crippen molar-refractivity contribution in [3.63, 3.8) is 0 Å². The summed E-state index contributed by atoms with van der Waals surface area (Å²) in [5.74, 6) is 5.76. The molecule has 1 amide bonds. The average Bonchev–Trinajstić information content (AvgIpc) is 2.88. The van der Waals surface area contributed by atoms with Gasteiger partial charge < -0.3 is 4.74 Å². The molecule has 6 heteroatoms. The smallest absolute Gasteiger partial charge is 0.277 e. The molecule has 3 N–H and O–H groups in total. The molecule has 2 aromatic rings.